The zero-order chi connectivity index (χ0) is 11.9. The molecule has 94 valence electrons. The van der Waals surface area contributed by atoms with E-state index in [1.165, 1.54) is 19.3 Å². The first-order valence-electron chi connectivity index (χ1n) is 6.95. The summed E-state index contributed by atoms with van der Waals surface area (Å²) < 4.78 is 0. The van der Waals surface area contributed by atoms with Crippen LogP contribution >= 0.6 is 0 Å². The van der Waals surface area contributed by atoms with Gasteiger partial charge in [0.25, 0.3) is 0 Å². The Balaban J connectivity index is 1.73. The van der Waals surface area contributed by atoms with Crippen LogP contribution in [0.2, 0.25) is 0 Å². The van der Waals surface area contributed by atoms with Gasteiger partial charge in [-0.15, -0.1) is 0 Å². The molecule has 0 N–H and O–H groups in total. The van der Waals surface area contributed by atoms with Crippen LogP contribution in [-0.2, 0) is 9.63 Å². The van der Waals surface area contributed by atoms with E-state index in [1.807, 2.05) is 6.92 Å². The van der Waals surface area contributed by atoms with Gasteiger partial charge in [0, 0.05) is 6.21 Å². The van der Waals surface area contributed by atoms with Crippen LogP contribution in [-0.4, -0.2) is 12.2 Å². The Hall–Kier alpha value is -0.860. The monoisotopic (exact) mass is 235 g/mol. The smallest absolute Gasteiger partial charge is 0.318 e. The zero-order valence-corrected chi connectivity index (χ0v) is 10.5. The van der Waals surface area contributed by atoms with Gasteiger partial charge in [-0.2, -0.15) is 0 Å². The van der Waals surface area contributed by atoms with Crippen LogP contribution in [0.1, 0.15) is 51.9 Å². The second-order valence-electron chi connectivity index (χ2n) is 6.27. The number of rotatable bonds is 3. The average molecular weight is 235 g/mol. The normalized spacial score (nSPS) is 43.2. The third-order valence-electron chi connectivity index (χ3n) is 4.86. The number of nitrogens with zero attached hydrogens (tertiary/aromatic N) is 1. The molecule has 0 heterocycles. The fraction of sp³-hybridized carbons (Fsp3) is 0.857. The van der Waals surface area contributed by atoms with Gasteiger partial charge in [0.2, 0.25) is 0 Å². The van der Waals surface area contributed by atoms with E-state index in [0.29, 0.717) is 0 Å². The summed E-state index contributed by atoms with van der Waals surface area (Å²) in [4.78, 5) is 17.3. The van der Waals surface area contributed by atoms with Gasteiger partial charge < -0.3 is 4.84 Å². The molecular weight excluding hydrogens is 214 g/mol. The van der Waals surface area contributed by atoms with Gasteiger partial charge in [0.05, 0.1) is 5.41 Å². The lowest BCUT2D eigenvalue weighted by atomic mass is 9.49. The summed E-state index contributed by atoms with van der Waals surface area (Å²) in [6, 6.07) is 0. The van der Waals surface area contributed by atoms with E-state index >= 15 is 0 Å². The lowest BCUT2D eigenvalue weighted by Gasteiger charge is -2.54. The largest absolute Gasteiger partial charge is 0.341 e. The van der Waals surface area contributed by atoms with Crippen LogP contribution in [0.5, 0.6) is 0 Å². The molecule has 0 aromatic rings. The maximum atomic E-state index is 12.2. The Labute approximate surface area is 103 Å². The highest BCUT2D eigenvalue weighted by molar-refractivity contribution is 5.78. The van der Waals surface area contributed by atoms with E-state index in [-0.39, 0.29) is 11.4 Å². The van der Waals surface area contributed by atoms with Gasteiger partial charge in [0.15, 0.2) is 0 Å². The Morgan fingerprint density at radius 3 is 2.24 bits per heavy atom. The van der Waals surface area contributed by atoms with E-state index in [2.05, 4.69) is 5.16 Å². The first kappa shape index (κ1) is 11.2. The Bertz CT molecular complexity index is 313. The van der Waals surface area contributed by atoms with Crippen LogP contribution in [0.3, 0.4) is 0 Å². The van der Waals surface area contributed by atoms with E-state index < -0.39 is 0 Å². The zero-order valence-electron chi connectivity index (χ0n) is 10.5. The summed E-state index contributed by atoms with van der Waals surface area (Å²) in [5, 5.41) is 3.77. The molecule has 4 aliphatic carbocycles. The Morgan fingerprint density at radius 1 is 1.24 bits per heavy atom. The van der Waals surface area contributed by atoms with E-state index in [9.17, 15) is 4.79 Å². The highest BCUT2D eigenvalue weighted by Gasteiger charge is 2.55. The van der Waals surface area contributed by atoms with Crippen LogP contribution < -0.4 is 0 Å². The molecule has 4 rings (SSSR count). The van der Waals surface area contributed by atoms with Crippen molar-refractivity contribution in [1.29, 1.82) is 0 Å². The lowest BCUT2D eigenvalue weighted by Crippen LogP contribution is -2.50. The summed E-state index contributed by atoms with van der Waals surface area (Å²) in [7, 11) is 0. The van der Waals surface area contributed by atoms with Crippen LogP contribution in [0.25, 0.3) is 0 Å². The molecule has 17 heavy (non-hydrogen) atoms. The minimum Gasteiger partial charge on any atom is -0.318 e. The van der Waals surface area contributed by atoms with Crippen molar-refractivity contribution in [2.24, 2.45) is 28.3 Å². The molecule has 0 saturated heterocycles. The highest BCUT2D eigenvalue weighted by Crippen LogP contribution is 2.60. The predicted molar refractivity (Wildman–Crippen MR) is 65.5 cm³/mol. The van der Waals surface area contributed by atoms with E-state index in [1.54, 1.807) is 6.21 Å². The van der Waals surface area contributed by atoms with Crippen molar-refractivity contribution in [3.63, 3.8) is 0 Å². The molecular formula is C14H21NO2. The van der Waals surface area contributed by atoms with Crippen molar-refractivity contribution < 1.29 is 9.63 Å². The van der Waals surface area contributed by atoms with Gasteiger partial charge in [-0.1, -0.05) is 12.1 Å². The number of hydrogen-bond acceptors (Lipinski definition) is 3. The summed E-state index contributed by atoms with van der Waals surface area (Å²) in [6.45, 7) is 1.99. The third kappa shape index (κ3) is 1.90. The van der Waals surface area contributed by atoms with Crippen LogP contribution in [0.15, 0.2) is 5.16 Å². The van der Waals surface area contributed by atoms with Crippen molar-refractivity contribution in [2.45, 2.75) is 51.9 Å². The molecule has 4 bridgehead atoms. The van der Waals surface area contributed by atoms with E-state index in [0.717, 1.165) is 43.4 Å². The molecule has 0 atom stereocenters. The van der Waals surface area contributed by atoms with Crippen LogP contribution in [0, 0.1) is 23.2 Å². The molecule has 0 aromatic carbocycles. The first-order chi connectivity index (χ1) is 8.22. The summed E-state index contributed by atoms with van der Waals surface area (Å²) in [5.74, 6) is 2.29. The molecule has 3 nitrogen and oxygen atoms in total. The number of oxime groups is 1. The Morgan fingerprint density at radius 2 is 1.76 bits per heavy atom. The average Bonchev–Trinajstić information content (AvgIpc) is 2.27. The Kier molecular flexibility index (Phi) is 2.72. The summed E-state index contributed by atoms with van der Waals surface area (Å²) in [6.07, 6.45) is 9.70. The van der Waals surface area contributed by atoms with Gasteiger partial charge >= 0.3 is 5.97 Å². The van der Waals surface area contributed by atoms with E-state index in [4.69, 9.17) is 4.84 Å². The quantitative estimate of drug-likeness (QED) is 0.428. The highest BCUT2D eigenvalue weighted by atomic mass is 16.7. The lowest BCUT2D eigenvalue weighted by molar-refractivity contribution is -0.171. The van der Waals surface area contributed by atoms with Gasteiger partial charge in [0.1, 0.15) is 0 Å². The summed E-state index contributed by atoms with van der Waals surface area (Å²) in [5.41, 5.74) is -0.167. The second kappa shape index (κ2) is 4.11. The number of hydrogen-bond donors (Lipinski definition) is 0. The van der Waals surface area contributed by atoms with Crippen molar-refractivity contribution in [3.8, 4) is 0 Å². The SMILES string of the molecule is CCC=NOC(=O)C12CC3CC(CC(C3)C1)C2. The molecule has 4 fully saturated rings. The van der Waals surface area contributed by atoms with Gasteiger partial charge in [-0.05, 0) is 62.7 Å². The summed E-state index contributed by atoms with van der Waals surface area (Å²) >= 11 is 0. The van der Waals surface area contributed by atoms with Crippen molar-refractivity contribution >= 4 is 12.2 Å². The molecule has 3 heteroatoms. The first-order valence-corrected chi connectivity index (χ1v) is 6.95. The molecule has 0 aromatic heterocycles. The maximum Gasteiger partial charge on any atom is 0.341 e. The fourth-order valence-electron chi connectivity index (χ4n) is 4.62. The van der Waals surface area contributed by atoms with Gasteiger partial charge in [-0.3, -0.25) is 0 Å². The minimum atomic E-state index is -0.167. The molecule has 0 spiro atoms. The standard InChI is InChI=1S/C14H21NO2/c1-2-3-15-17-13(16)14-7-10-4-11(8-14)6-12(5-10)9-14/h3,10-12H,2,4-9H2,1H3. The topological polar surface area (TPSA) is 38.7 Å². The number of carbonyl (C=O) groups excluding carboxylic acids is 1. The third-order valence-corrected chi connectivity index (χ3v) is 4.86. The van der Waals surface area contributed by atoms with Crippen LogP contribution in [0.4, 0.5) is 0 Å². The molecule has 0 unspecified atom stereocenters. The molecule has 0 radical (unpaired) electrons. The molecule has 0 amide bonds. The number of carbonyl (C=O) groups is 1. The van der Waals surface area contributed by atoms with Gasteiger partial charge in [-0.25, -0.2) is 4.79 Å². The minimum absolute atomic E-state index is 0.0544. The molecule has 4 aliphatic rings. The molecule has 4 saturated carbocycles. The predicted octanol–water partition coefficient (Wildman–Crippen LogP) is 3.14. The fourth-order valence-corrected chi connectivity index (χ4v) is 4.62. The van der Waals surface area contributed by atoms with Crippen molar-refractivity contribution in [1.82, 2.24) is 0 Å². The van der Waals surface area contributed by atoms with Crippen molar-refractivity contribution in [3.05, 3.63) is 0 Å². The maximum absolute atomic E-state index is 12.2. The van der Waals surface area contributed by atoms with Crippen molar-refractivity contribution in [2.75, 3.05) is 0 Å². The second-order valence-corrected chi connectivity index (χ2v) is 6.27. The molecule has 0 aliphatic heterocycles.